The van der Waals surface area contributed by atoms with Crippen LogP contribution in [0.3, 0.4) is 0 Å². The molecule has 0 fully saturated rings. The van der Waals surface area contributed by atoms with Crippen molar-refractivity contribution in [2.45, 2.75) is 25.9 Å². The van der Waals surface area contributed by atoms with Gasteiger partial charge in [0.25, 0.3) is 0 Å². The normalized spacial score (nSPS) is 11.1. The average molecular weight is 261 g/mol. The Labute approximate surface area is 103 Å². The number of amides is 1. The lowest BCUT2D eigenvalue weighted by Gasteiger charge is -2.13. The monoisotopic (exact) mass is 261 g/mol. The van der Waals surface area contributed by atoms with Gasteiger partial charge in [-0.15, -0.1) is 0 Å². The maximum absolute atomic E-state index is 12.6. The van der Waals surface area contributed by atoms with Gasteiger partial charge >= 0.3 is 12.3 Å². The number of halogens is 3. The van der Waals surface area contributed by atoms with Crippen molar-refractivity contribution < 1.29 is 22.7 Å². The fraction of sp³-hybridized carbons (Fsp3) is 0.417. The van der Waals surface area contributed by atoms with E-state index < -0.39 is 17.8 Å². The first-order valence-corrected chi connectivity index (χ1v) is 5.55. The molecule has 1 aromatic rings. The van der Waals surface area contributed by atoms with E-state index in [0.29, 0.717) is 6.42 Å². The largest absolute Gasteiger partial charge is 0.449 e. The second-order valence-electron chi connectivity index (χ2n) is 3.66. The molecular formula is C12H14F3NO2. The van der Waals surface area contributed by atoms with Crippen LogP contribution in [-0.2, 0) is 10.9 Å². The summed E-state index contributed by atoms with van der Waals surface area (Å²) in [4.78, 5) is 11.3. The molecule has 1 amide bonds. The predicted molar refractivity (Wildman–Crippen MR) is 61.3 cm³/mol. The van der Waals surface area contributed by atoms with E-state index in [9.17, 15) is 18.0 Å². The van der Waals surface area contributed by atoms with Gasteiger partial charge in [0.1, 0.15) is 0 Å². The van der Waals surface area contributed by atoms with E-state index in [4.69, 9.17) is 4.74 Å². The molecule has 0 heterocycles. The third kappa shape index (κ3) is 4.27. The van der Waals surface area contributed by atoms with Gasteiger partial charge in [-0.1, -0.05) is 25.5 Å². The molecule has 0 unspecified atom stereocenters. The standard InChI is InChI=1S/C12H14F3NO2/c1-2-3-8-18-11(17)16-10-7-5-4-6-9(10)12(13,14)15/h4-7H,2-3,8H2,1H3,(H,16,17). The maximum atomic E-state index is 12.6. The smallest absolute Gasteiger partial charge is 0.418 e. The highest BCUT2D eigenvalue weighted by Crippen LogP contribution is 2.34. The highest BCUT2D eigenvalue weighted by atomic mass is 19.4. The minimum atomic E-state index is -4.51. The van der Waals surface area contributed by atoms with Crippen molar-refractivity contribution >= 4 is 11.8 Å². The van der Waals surface area contributed by atoms with Gasteiger partial charge in [-0.2, -0.15) is 13.2 Å². The van der Waals surface area contributed by atoms with E-state index >= 15 is 0 Å². The quantitative estimate of drug-likeness (QED) is 0.830. The number of rotatable bonds is 4. The summed E-state index contributed by atoms with van der Waals surface area (Å²) in [5.41, 5.74) is -1.19. The van der Waals surface area contributed by atoms with Crippen molar-refractivity contribution in [1.82, 2.24) is 0 Å². The van der Waals surface area contributed by atoms with Crippen molar-refractivity contribution in [3.63, 3.8) is 0 Å². The third-order valence-electron chi connectivity index (χ3n) is 2.20. The number of hydrogen-bond donors (Lipinski definition) is 1. The molecular weight excluding hydrogens is 247 g/mol. The number of para-hydroxylation sites is 1. The van der Waals surface area contributed by atoms with Gasteiger partial charge in [-0.3, -0.25) is 5.32 Å². The summed E-state index contributed by atoms with van der Waals surface area (Å²) < 4.78 is 42.6. The first kappa shape index (κ1) is 14.3. The van der Waals surface area contributed by atoms with Crippen LogP contribution in [0.4, 0.5) is 23.7 Å². The molecule has 0 spiro atoms. The van der Waals surface area contributed by atoms with E-state index in [1.807, 2.05) is 6.92 Å². The Bertz CT molecular complexity index is 405. The lowest BCUT2D eigenvalue weighted by molar-refractivity contribution is -0.136. The number of anilines is 1. The van der Waals surface area contributed by atoms with Gasteiger partial charge < -0.3 is 4.74 Å². The zero-order valence-corrected chi connectivity index (χ0v) is 9.88. The first-order chi connectivity index (χ1) is 8.45. The van der Waals surface area contributed by atoms with E-state index in [2.05, 4.69) is 5.32 Å². The van der Waals surface area contributed by atoms with Crippen molar-refractivity contribution in [1.29, 1.82) is 0 Å². The van der Waals surface area contributed by atoms with Gasteiger partial charge in [-0.25, -0.2) is 4.79 Å². The Hall–Kier alpha value is -1.72. The van der Waals surface area contributed by atoms with Gasteiger partial charge in [0.2, 0.25) is 0 Å². The van der Waals surface area contributed by atoms with Crippen LogP contribution in [0, 0.1) is 0 Å². The van der Waals surface area contributed by atoms with Crippen LogP contribution in [0.15, 0.2) is 24.3 Å². The van der Waals surface area contributed by atoms with Crippen LogP contribution in [0.2, 0.25) is 0 Å². The molecule has 0 aliphatic rings. The molecule has 1 rings (SSSR count). The van der Waals surface area contributed by atoms with Crippen LogP contribution in [0.1, 0.15) is 25.3 Å². The highest BCUT2D eigenvalue weighted by molar-refractivity contribution is 5.85. The molecule has 0 saturated carbocycles. The molecule has 0 atom stereocenters. The maximum Gasteiger partial charge on any atom is 0.418 e. The summed E-state index contributed by atoms with van der Waals surface area (Å²) in [5.74, 6) is 0. The van der Waals surface area contributed by atoms with Crippen LogP contribution >= 0.6 is 0 Å². The Kier molecular flexibility index (Phi) is 5.00. The number of carbonyl (C=O) groups is 1. The third-order valence-corrected chi connectivity index (χ3v) is 2.20. The second-order valence-corrected chi connectivity index (χ2v) is 3.66. The first-order valence-electron chi connectivity index (χ1n) is 5.55. The molecule has 0 aromatic heterocycles. The molecule has 3 nitrogen and oxygen atoms in total. The number of benzene rings is 1. The number of unbranched alkanes of at least 4 members (excludes halogenated alkanes) is 1. The fourth-order valence-corrected chi connectivity index (χ4v) is 1.29. The summed E-state index contributed by atoms with van der Waals surface area (Å²) in [6.45, 7) is 2.11. The van der Waals surface area contributed by atoms with E-state index in [1.54, 1.807) is 0 Å². The Balaban J connectivity index is 2.70. The van der Waals surface area contributed by atoms with Crippen molar-refractivity contribution in [3.05, 3.63) is 29.8 Å². The number of nitrogens with one attached hydrogen (secondary N) is 1. The molecule has 100 valence electrons. The molecule has 0 bridgehead atoms. The zero-order chi connectivity index (χ0) is 13.6. The van der Waals surface area contributed by atoms with E-state index in [-0.39, 0.29) is 12.3 Å². The summed E-state index contributed by atoms with van der Waals surface area (Å²) in [5, 5.41) is 2.09. The lowest BCUT2D eigenvalue weighted by atomic mass is 10.2. The summed E-state index contributed by atoms with van der Waals surface area (Å²) >= 11 is 0. The summed E-state index contributed by atoms with van der Waals surface area (Å²) in [6.07, 6.45) is -3.87. The average Bonchev–Trinajstić information content (AvgIpc) is 2.28. The van der Waals surface area contributed by atoms with Crippen LogP contribution in [0.5, 0.6) is 0 Å². The van der Waals surface area contributed by atoms with Crippen molar-refractivity contribution in [2.24, 2.45) is 0 Å². The van der Waals surface area contributed by atoms with Crippen LogP contribution < -0.4 is 5.32 Å². The Morgan fingerprint density at radius 1 is 1.33 bits per heavy atom. The van der Waals surface area contributed by atoms with Crippen LogP contribution in [-0.4, -0.2) is 12.7 Å². The molecule has 1 N–H and O–H groups in total. The van der Waals surface area contributed by atoms with Gasteiger partial charge in [0.05, 0.1) is 17.9 Å². The number of hydrogen-bond acceptors (Lipinski definition) is 2. The number of carbonyl (C=O) groups excluding carboxylic acids is 1. The summed E-state index contributed by atoms with van der Waals surface area (Å²) in [7, 11) is 0. The minimum absolute atomic E-state index is 0.191. The summed E-state index contributed by atoms with van der Waals surface area (Å²) in [6, 6.07) is 4.76. The Morgan fingerprint density at radius 3 is 2.61 bits per heavy atom. The van der Waals surface area contributed by atoms with Crippen molar-refractivity contribution in [2.75, 3.05) is 11.9 Å². The number of alkyl halides is 3. The van der Waals surface area contributed by atoms with E-state index in [1.165, 1.54) is 18.2 Å². The fourth-order valence-electron chi connectivity index (χ4n) is 1.29. The molecule has 18 heavy (non-hydrogen) atoms. The lowest BCUT2D eigenvalue weighted by Crippen LogP contribution is -2.18. The molecule has 6 heteroatoms. The van der Waals surface area contributed by atoms with E-state index in [0.717, 1.165) is 12.5 Å². The molecule has 0 aliphatic carbocycles. The number of ether oxygens (including phenoxy) is 1. The highest BCUT2D eigenvalue weighted by Gasteiger charge is 2.33. The van der Waals surface area contributed by atoms with Gasteiger partial charge in [0.15, 0.2) is 0 Å². The van der Waals surface area contributed by atoms with Gasteiger partial charge in [0, 0.05) is 0 Å². The zero-order valence-electron chi connectivity index (χ0n) is 9.88. The SMILES string of the molecule is CCCCOC(=O)Nc1ccccc1C(F)(F)F. The molecule has 0 radical (unpaired) electrons. The van der Waals surface area contributed by atoms with Gasteiger partial charge in [-0.05, 0) is 18.6 Å². The Morgan fingerprint density at radius 2 is 2.00 bits per heavy atom. The predicted octanol–water partition coefficient (Wildman–Crippen LogP) is 4.05. The van der Waals surface area contributed by atoms with Crippen molar-refractivity contribution in [3.8, 4) is 0 Å². The molecule has 0 saturated heterocycles. The second kappa shape index (κ2) is 6.28. The minimum Gasteiger partial charge on any atom is -0.449 e. The molecule has 0 aliphatic heterocycles. The van der Waals surface area contributed by atoms with Crippen LogP contribution in [0.25, 0.3) is 0 Å². The molecule has 1 aromatic carbocycles. The topological polar surface area (TPSA) is 38.3 Å².